The van der Waals surface area contributed by atoms with Gasteiger partial charge in [-0.15, -0.1) is 0 Å². The number of hydrogen-bond donors (Lipinski definition) is 1. The van der Waals surface area contributed by atoms with E-state index in [0.717, 1.165) is 5.56 Å². The topological polar surface area (TPSA) is 79.7 Å². The Bertz CT molecular complexity index is 1210. The number of nitrogens with zero attached hydrogens (tertiary/aromatic N) is 2. The van der Waals surface area contributed by atoms with Crippen LogP contribution in [0.15, 0.2) is 72.6 Å². The highest BCUT2D eigenvalue weighted by Gasteiger charge is 2.46. The molecule has 2 aromatic carbocycles. The van der Waals surface area contributed by atoms with Crippen LogP contribution in [0.25, 0.3) is 5.76 Å². The number of aliphatic hydroxyl groups excluding tert-OH is 1. The number of ether oxygens (including phenoxy) is 1. The largest absolute Gasteiger partial charge is 0.507 e. The predicted octanol–water partition coefficient (Wildman–Crippen LogP) is 4.16. The Labute approximate surface area is 184 Å². The molecule has 3 aromatic rings. The number of likely N-dealkylation sites (tertiary alicyclic amines) is 1. The van der Waals surface area contributed by atoms with E-state index in [1.54, 1.807) is 62.0 Å². The number of amides is 1. The standard InChI is InChI=1S/C25H21FN2O4/c1-15-12-17(7-10-20(15)32-2)23(29)21-22(18-4-3-11-27-13-18)28(25(31)24(21)30)14-16-5-8-19(26)9-6-16/h3-13,22,29H,14H2,1-2H3/b23-21-. The third-order valence-electron chi connectivity index (χ3n) is 5.47. The number of rotatable bonds is 5. The molecule has 0 aliphatic carbocycles. The van der Waals surface area contributed by atoms with Gasteiger partial charge in [-0.2, -0.15) is 0 Å². The van der Waals surface area contributed by atoms with E-state index < -0.39 is 23.5 Å². The number of halogens is 1. The van der Waals surface area contributed by atoms with Crippen molar-refractivity contribution in [1.82, 2.24) is 9.88 Å². The first kappa shape index (κ1) is 21.2. The van der Waals surface area contributed by atoms with Crippen LogP contribution < -0.4 is 4.74 Å². The molecule has 4 rings (SSSR count). The molecule has 0 saturated carbocycles. The van der Waals surface area contributed by atoms with Gasteiger partial charge in [0.25, 0.3) is 11.7 Å². The minimum absolute atomic E-state index is 0.0188. The molecule has 1 unspecified atom stereocenters. The van der Waals surface area contributed by atoms with Crippen LogP contribution in [0.3, 0.4) is 0 Å². The molecule has 6 nitrogen and oxygen atoms in total. The van der Waals surface area contributed by atoms with E-state index in [2.05, 4.69) is 4.98 Å². The van der Waals surface area contributed by atoms with Crippen LogP contribution in [0.2, 0.25) is 0 Å². The van der Waals surface area contributed by atoms with Gasteiger partial charge in [0.2, 0.25) is 0 Å². The third kappa shape index (κ3) is 3.85. The van der Waals surface area contributed by atoms with Crippen molar-refractivity contribution in [2.24, 2.45) is 0 Å². The number of Topliss-reactive ketones (excluding diaryl/α,β-unsaturated/α-hetero) is 1. The summed E-state index contributed by atoms with van der Waals surface area (Å²) in [6.07, 6.45) is 3.14. The predicted molar refractivity (Wildman–Crippen MR) is 116 cm³/mol. The van der Waals surface area contributed by atoms with Crippen LogP contribution in [-0.4, -0.2) is 33.8 Å². The molecule has 162 valence electrons. The molecular formula is C25H21FN2O4. The third-order valence-corrected chi connectivity index (χ3v) is 5.47. The van der Waals surface area contributed by atoms with E-state index in [1.165, 1.54) is 17.0 Å². The highest BCUT2D eigenvalue weighted by Crippen LogP contribution is 2.40. The summed E-state index contributed by atoms with van der Waals surface area (Å²) in [5.74, 6) is -1.55. The quantitative estimate of drug-likeness (QED) is 0.372. The number of benzene rings is 2. The second-order valence-corrected chi connectivity index (χ2v) is 7.52. The van der Waals surface area contributed by atoms with E-state index in [4.69, 9.17) is 4.74 Å². The summed E-state index contributed by atoms with van der Waals surface area (Å²) in [6.45, 7) is 1.89. The highest BCUT2D eigenvalue weighted by atomic mass is 19.1. The average Bonchev–Trinajstić information content (AvgIpc) is 3.05. The zero-order chi connectivity index (χ0) is 22.8. The SMILES string of the molecule is COc1ccc(/C(O)=C2/C(=O)C(=O)N(Cc3ccc(F)cc3)C2c2cccnc2)cc1C. The Morgan fingerprint density at radius 2 is 1.91 bits per heavy atom. The van der Waals surface area contributed by atoms with Gasteiger partial charge in [-0.25, -0.2) is 4.39 Å². The molecule has 1 aliphatic heterocycles. The molecule has 7 heteroatoms. The molecule has 0 spiro atoms. The van der Waals surface area contributed by atoms with E-state index >= 15 is 0 Å². The Morgan fingerprint density at radius 1 is 1.16 bits per heavy atom. The lowest BCUT2D eigenvalue weighted by molar-refractivity contribution is -0.140. The first-order valence-electron chi connectivity index (χ1n) is 9.98. The molecule has 0 bridgehead atoms. The lowest BCUT2D eigenvalue weighted by Crippen LogP contribution is -2.29. The number of aliphatic hydroxyl groups is 1. The van der Waals surface area contributed by atoms with Crippen molar-refractivity contribution in [3.63, 3.8) is 0 Å². The van der Waals surface area contributed by atoms with E-state index in [0.29, 0.717) is 22.4 Å². The molecule has 1 aliphatic rings. The van der Waals surface area contributed by atoms with Gasteiger partial charge in [0, 0.05) is 24.5 Å². The van der Waals surface area contributed by atoms with Crippen LogP contribution in [0, 0.1) is 12.7 Å². The number of pyridine rings is 1. The summed E-state index contributed by atoms with van der Waals surface area (Å²) < 4.78 is 18.6. The number of hydrogen-bond acceptors (Lipinski definition) is 5. The number of methoxy groups -OCH3 is 1. The van der Waals surface area contributed by atoms with Gasteiger partial charge < -0.3 is 14.7 Å². The van der Waals surface area contributed by atoms with Gasteiger partial charge in [0.1, 0.15) is 17.3 Å². The summed E-state index contributed by atoms with van der Waals surface area (Å²) in [7, 11) is 1.55. The highest BCUT2D eigenvalue weighted by molar-refractivity contribution is 6.46. The smallest absolute Gasteiger partial charge is 0.295 e. The second kappa shape index (κ2) is 8.63. The molecule has 1 saturated heterocycles. The summed E-state index contributed by atoms with van der Waals surface area (Å²) >= 11 is 0. The lowest BCUT2D eigenvalue weighted by Gasteiger charge is -2.25. The molecule has 1 amide bonds. The van der Waals surface area contributed by atoms with Crippen molar-refractivity contribution in [3.05, 3.63) is 101 Å². The van der Waals surface area contributed by atoms with Crippen LogP contribution in [0.5, 0.6) is 5.75 Å². The monoisotopic (exact) mass is 432 g/mol. The molecule has 32 heavy (non-hydrogen) atoms. The number of carbonyl (C=O) groups excluding carboxylic acids is 2. The molecular weight excluding hydrogens is 411 g/mol. The molecule has 0 radical (unpaired) electrons. The van der Waals surface area contributed by atoms with Crippen molar-refractivity contribution < 1.29 is 23.8 Å². The number of carbonyl (C=O) groups is 2. The first-order valence-corrected chi connectivity index (χ1v) is 9.98. The van der Waals surface area contributed by atoms with Crippen molar-refractivity contribution in [1.29, 1.82) is 0 Å². The molecule has 1 fully saturated rings. The number of aromatic nitrogens is 1. The second-order valence-electron chi connectivity index (χ2n) is 7.52. The molecule has 2 heterocycles. The first-order chi connectivity index (χ1) is 15.4. The number of aryl methyl sites for hydroxylation is 1. The Balaban J connectivity index is 1.84. The van der Waals surface area contributed by atoms with Gasteiger partial charge in [-0.05, 0) is 60.0 Å². The van der Waals surface area contributed by atoms with Crippen LogP contribution in [0.1, 0.15) is 28.3 Å². The summed E-state index contributed by atoms with van der Waals surface area (Å²) in [5, 5.41) is 11.1. The Hall–Kier alpha value is -4.00. The fourth-order valence-corrected chi connectivity index (χ4v) is 3.90. The summed E-state index contributed by atoms with van der Waals surface area (Å²) in [6, 6.07) is 13.3. The lowest BCUT2D eigenvalue weighted by atomic mass is 9.95. The minimum atomic E-state index is -0.837. The van der Waals surface area contributed by atoms with Crippen molar-refractivity contribution >= 4 is 17.4 Å². The average molecular weight is 432 g/mol. The van der Waals surface area contributed by atoms with Crippen LogP contribution in [0.4, 0.5) is 4.39 Å². The van der Waals surface area contributed by atoms with Crippen LogP contribution in [-0.2, 0) is 16.1 Å². The van der Waals surface area contributed by atoms with Crippen molar-refractivity contribution in [2.45, 2.75) is 19.5 Å². The Morgan fingerprint density at radius 3 is 2.53 bits per heavy atom. The molecule has 1 atom stereocenters. The van der Waals surface area contributed by atoms with Gasteiger partial charge >= 0.3 is 0 Å². The maximum Gasteiger partial charge on any atom is 0.295 e. The maximum absolute atomic E-state index is 13.3. The van der Waals surface area contributed by atoms with Crippen molar-refractivity contribution in [2.75, 3.05) is 7.11 Å². The zero-order valence-corrected chi connectivity index (χ0v) is 17.6. The minimum Gasteiger partial charge on any atom is -0.507 e. The van der Waals surface area contributed by atoms with Crippen LogP contribution >= 0.6 is 0 Å². The zero-order valence-electron chi connectivity index (χ0n) is 17.6. The van der Waals surface area contributed by atoms with Gasteiger partial charge in [-0.1, -0.05) is 18.2 Å². The fourth-order valence-electron chi connectivity index (χ4n) is 3.90. The maximum atomic E-state index is 13.3. The van der Waals surface area contributed by atoms with Gasteiger partial charge in [0.05, 0.1) is 18.7 Å². The van der Waals surface area contributed by atoms with Gasteiger partial charge in [-0.3, -0.25) is 14.6 Å². The van der Waals surface area contributed by atoms with Crippen molar-refractivity contribution in [3.8, 4) is 5.75 Å². The Kier molecular flexibility index (Phi) is 5.73. The molecule has 1 aromatic heterocycles. The van der Waals surface area contributed by atoms with E-state index in [9.17, 15) is 19.1 Å². The normalized spacial score (nSPS) is 17.6. The summed E-state index contributed by atoms with van der Waals surface area (Å²) in [5.41, 5.74) is 2.39. The van der Waals surface area contributed by atoms with E-state index in [-0.39, 0.29) is 17.9 Å². The molecule has 1 N–H and O–H groups in total. The van der Waals surface area contributed by atoms with E-state index in [1.807, 2.05) is 6.92 Å². The fraction of sp³-hybridized carbons (Fsp3) is 0.160. The van der Waals surface area contributed by atoms with Gasteiger partial charge in [0.15, 0.2) is 0 Å². The summed E-state index contributed by atoms with van der Waals surface area (Å²) in [4.78, 5) is 31.5. The number of ketones is 1.